The molecule has 2 atom stereocenters. The minimum atomic E-state index is 0.0972. The Labute approximate surface area is 69.6 Å². The van der Waals surface area contributed by atoms with Gasteiger partial charge < -0.3 is 0 Å². The molecule has 0 aromatic heterocycles. The van der Waals surface area contributed by atoms with Crippen LogP contribution in [0, 0.1) is 5.92 Å². The van der Waals surface area contributed by atoms with E-state index in [1.165, 1.54) is 0 Å². The molecular formula is C9H19NO. The van der Waals surface area contributed by atoms with Crippen LogP contribution < -0.4 is 0 Å². The van der Waals surface area contributed by atoms with Crippen LogP contribution in [0.25, 0.3) is 0 Å². The maximum Gasteiger partial charge on any atom is 0.147 e. The molecule has 2 nitrogen and oxygen atoms in total. The Balaban J connectivity index is 4.21. The molecule has 1 unspecified atom stereocenters. The second kappa shape index (κ2) is 4.50. The van der Waals surface area contributed by atoms with Crippen LogP contribution in [0.4, 0.5) is 0 Å². The summed E-state index contributed by atoms with van der Waals surface area (Å²) in [5, 5.41) is 0. The molecule has 0 radical (unpaired) electrons. The molecule has 0 fully saturated rings. The number of likely N-dealkylation sites (N-methyl/N-ethyl adjacent to an activating group) is 1. The number of Topliss-reactive ketones (excluding diaryl/α,β-unsaturated/α-hetero) is 1. The lowest BCUT2D eigenvalue weighted by Gasteiger charge is -2.26. The molecule has 2 heteroatoms. The summed E-state index contributed by atoms with van der Waals surface area (Å²) in [5.74, 6) is 0.729. The molecule has 0 saturated heterocycles. The molecule has 0 N–H and O–H groups in total. The van der Waals surface area contributed by atoms with Crippen LogP contribution in [0.15, 0.2) is 0 Å². The van der Waals surface area contributed by atoms with Gasteiger partial charge in [0.05, 0.1) is 6.04 Å². The predicted octanol–water partition coefficient (Wildman–Crippen LogP) is 1.55. The highest BCUT2D eigenvalue weighted by Crippen LogP contribution is 2.12. The van der Waals surface area contributed by atoms with Gasteiger partial charge in [0.15, 0.2) is 0 Å². The Hall–Kier alpha value is -0.370. The second-order valence-corrected chi connectivity index (χ2v) is 3.40. The highest BCUT2D eigenvalue weighted by molar-refractivity contribution is 5.81. The highest BCUT2D eigenvalue weighted by atomic mass is 16.1. The van der Waals surface area contributed by atoms with Gasteiger partial charge in [-0.15, -0.1) is 0 Å². The monoisotopic (exact) mass is 157 g/mol. The molecule has 0 spiro atoms. The number of nitrogens with zero attached hydrogens (tertiary/aromatic N) is 1. The molecule has 0 rings (SSSR count). The van der Waals surface area contributed by atoms with Gasteiger partial charge in [-0.1, -0.05) is 20.3 Å². The topological polar surface area (TPSA) is 20.3 Å². The molecule has 0 aliphatic rings. The third-order valence-electron chi connectivity index (χ3n) is 2.16. The van der Waals surface area contributed by atoms with Crippen molar-refractivity contribution >= 4 is 5.78 Å². The molecule has 0 aromatic carbocycles. The zero-order valence-corrected chi connectivity index (χ0v) is 8.22. The first-order chi connectivity index (χ1) is 5.00. The van der Waals surface area contributed by atoms with E-state index >= 15 is 0 Å². The number of rotatable bonds is 4. The molecule has 0 amide bonds. The molecule has 0 saturated carbocycles. The first kappa shape index (κ1) is 10.6. The molecule has 0 bridgehead atoms. The van der Waals surface area contributed by atoms with Crippen LogP contribution in [0.1, 0.15) is 27.2 Å². The van der Waals surface area contributed by atoms with Gasteiger partial charge in [0.1, 0.15) is 5.78 Å². The normalized spacial score (nSPS) is 16.5. The molecule has 66 valence electrons. The fourth-order valence-corrected chi connectivity index (χ4v) is 1.50. The first-order valence-electron chi connectivity index (χ1n) is 4.17. The summed E-state index contributed by atoms with van der Waals surface area (Å²) in [6.07, 6.45) is 1.06. The van der Waals surface area contributed by atoms with Gasteiger partial charge in [-0.05, 0) is 26.9 Å². The standard InChI is InChI=1S/C9H19NO/c1-6-7(2)9(8(3)11)10(4)5/h7,9H,6H2,1-5H3/t7?,9-/m1/s1. The van der Waals surface area contributed by atoms with Crippen molar-refractivity contribution in [3.05, 3.63) is 0 Å². The molecular weight excluding hydrogens is 138 g/mol. The summed E-state index contributed by atoms with van der Waals surface area (Å²) >= 11 is 0. The third kappa shape index (κ3) is 3.02. The average Bonchev–Trinajstić information content (AvgIpc) is 1.85. The summed E-state index contributed by atoms with van der Waals surface area (Å²) in [6, 6.07) is 0.0972. The van der Waals surface area contributed by atoms with E-state index in [9.17, 15) is 4.79 Å². The van der Waals surface area contributed by atoms with Gasteiger partial charge >= 0.3 is 0 Å². The van der Waals surface area contributed by atoms with Crippen molar-refractivity contribution in [2.75, 3.05) is 14.1 Å². The van der Waals surface area contributed by atoms with Gasteiger partial charge in [0, 0.05) is 0 Å². The molecule has 0 aliphatic carbocycles. The van der Waals surface area contributed by atoms with E-state index < -0.39 is 0 Å². The van der Waals surface area contributed by atoms with Crippen molar-refractivity contribution < 1.29 is 4.79 Å². The number of carbonyl (C=O) groups is 1. The summed E-state index contributed by atoms with van der Waals surface area (Å²) in [6.45, 7) is 5.90. The highest BCUT2D eigenvalue weighted by Gasteiger charge is 2.21. The predicted molar refractivity (Wildman–Crippen MR) is 47.6 cm³/mol. The van der Waals surface area contributed by atoms with Crippen molar-refractivity contribution in [1.82, 2.24) is 4.90 Å². The Morgan fingerprint density at radius 2 is 1.91 bits per heavy atom. The summed E-state index contributed by atoms with van der Waals surface area (Å²) in [7, 11) is 3.91. The lowest BCUT2D eigenvalue weighted by molar-refractivity contribution is -0.122. The van der Waals surface area contributed by atoms with E-state index in [2.05, 4.69) is 13.8 Å². The minimum Gasteiger partial charge on any atom is -0.300 e. The van der Waals surface area contributed by atoms with E-state index in [0.717, 1.165) is 6.42 Å². The number of hydrogen-bond acceptors (Lipinski definition) is 2. The van der Waals surface area contributed by atoms with E-state index in [0.29, 0.717) is 5.92 Å². The lowest BCUT2D eigenvalue weighted by Crippen LogP contribution is -2.39. The zero-order valence-electron chi connectivity index (χ0n) is 8.22. The quantitative estimate of drug-likeness (QED) is 0.617. The van der Waals surface area contributed by atoms with Gasteiger partial charge in [-0.25, -0.2) is 0 Å². The number of carbonyl (C=O) groups excluding carboxylic acids is 1. The van der Waals surface area contributed by atoms with Crippen LogP contribution in [0.2, 0.25) is 0 Å². The fraction of sp³-hybridized carbons (Fsp3) is 0.889. The van der Waals surface area contributed by atoms with E-state index in [4.69, 9.17) is 0 Å². The molecule has 11 heavy (non-hydrogen) atoms. The number of hydrogen-bond donors (Lipinski definition) is 0. The van der Waals surface area contributed by atoms with Gasteiger partial charge in [-0.3, -0.25) is 9.69 Å². The zero-order chi connectivity index (χ0) is 9.02. The Bertz CT molecular complexity index is 132. The fourth-order valence-electron chi connectivity index (χ4n) is 1.50. The van der Waals surface area contributed by atoms with Crippen LogP contribution in [0.5, 0.6) is 0 Å². The largest absolute Gasteiger partial charge is 0.300 e. The first-order valence-corrected chi connectivity index (χ1v) is 4.17. The maximum atomic E-state index is 11.1. The van der Waals surface area contributed by atoms with E-state index in [1.54, 1.807) is 6.92 Å². The summed E-state index contributed by atoms with van der Waals surface area (Å²) in [5.41, 5.74) is 0. The van der Waals surface area contributed by atoms with Crippen molar-refractivity contribution in [3.63, 3.8) is 0 Å². The SMILES string of the molecule is CCC(C)[C@H](C(C)=O)N(C)C. The summed E-state index contributed by atoms with van der Waals surface area (Å²) in [4.78, 5) is 13.1. The summed E-state index contributed by atoms with van der Waals surface area (Å²) < 4.78 is 0. The average molecular weight is 157 g/mol. The number of ketones is 1. The van der Waals surface area contributed by atoms with Gasteiger partial charge in [0.25, 0.3) is 0 Å². The van der Waals surface area contributed by atoms with Crippen molar-refractivity contribution in [2.45, 2.75) is 33.2 Å². The Morgan fingerprint density at radius 1 is 1.45 bits per heavy atom. The molecule has 0 heterocycles. The third-order valence-corrected chi connectivity index (χ3v) is 2.16. The van der Waals surface area contributed by atoms with Crippen molar-refractivity contribution in [2.24, 2.45) is 5.92 Å². The van der Waals surface area contributed by atoms with Crippen LogP contribution in [-0.4, -0.2) is 30.8 Å². The minimum absolute atomic E-state index is 0.0972. The van der Waals surface area contributed by atoms with Crippen LogP contribution >= 0.6 is 0 Å². The second-order valence-electron chi connectivity index (χ2n) is 3.40. The smallest absolute Gasteiger partial charge is 0.147 e. The van der Waals surface area contributed by atoms with E-state index in [1.807, 2.05) is 19.0 Å². The lowest BCUT2D eigenvalue weighted by atomic mass is 9.95. The van der Waals surface area contributed by atoms with Gasteiger partial charge in [-0.2, -0.15) is 0 Å². The Morgan fingerprint density at radius 3 is 2.00 bits per heavy atom. The van der Waals surface area contributed by atoms with Crippen LogP contribution in [0.3, 0.4) is 0 Å². The van der Waals surface area contributed by atoms with Crippen molar-refractivity contribution in [3.8, 4) is 0 Å². The van der Waals surface area contributed by atoms with Crippen molar-refractivity contribution in [1.29, 1.82) is 0 Å². The van der Waals surface area contributed by atoms with Crippen LogP contribution in [-0.2, 0) is 4.79 Å². The van der Waals surface area contributed by atoms with Gasteiger partial charge in [0.2, 0.25) is 0 Å². The molecule has 0 aliphatic heterocycles. The van der Waals surface area contributed by atoms with E-state index in [-0.39, 0.29) is 11.8 Å². The maximum absolute atomic E-state index is 11.1. The Kier molecular flexibility index (Phi) is 4.34. The molecule has 0 aromatic rings.